The zero-order chi connectivity index (χ0) is 16.1. The average Bonchev–Trinajstić information content (AvgIpc) is 2.52. The monoisotopic (exact) mass is 323 g/mol. The van der Waals surface area contributed by atoms with Crippen LogP contribution in [0, 0.1) is 0 Å². The van der Waals surface area contributed by atoms with Gasteiger partial charge in [-0.1, -0.05) is 11.8 Å². The van der Waals surface area contributed by atoms with Gasteiger partial charge in [-0.2, -0.15) is 0 Å². The van der Waals surface area contributed by atoms with E-state index in [0.29, 0.717) is 11.3 Å². The molecule has 1 aromatic carbocycles. The van der Waals surface area contributed by atoms with Crippen LogP contribution in [-0.2, 0) is 9.59 Å². The number of nitrogens with one attached hydrogen (secondary N) is 2. The molecule has 0 aromatic heterocycles. The summed E-state index contributed by atoms with van der Waals surface area (Å²) >= 11 is 0.870. The Bertz CT molecular complexity index is 629. The van der Waals surface area contributed by atoms with Gasteiger partial charge in [-0.3, -0.25) is 14.4 Å². The van der Waals surface area contributed by atoms with Crippen LogP contribution in [0.15, 0.2) is 29.4 Å². The van der Waals surface area contributed by atoms with Gasteiger partial charge < -0.3 is 15.2 Å². The second-order valence-electron chi connectivity index (χ2n) is 4.28. The quantitative estimate of drug-likeness (QED) is 0.691. The number of hydrogen-bond donors (Lipinski definition) is 3. The second-order valence-corrected chi connectivity index (χ2v) is 5.47. The van der Waals surface area contributed by atoms with Crippen LogP contribution in [0.1, 0.15) is 16.8 Å². The standard InChI is InChI=1S/C13H13N3O5S/c1-21-8-4-2-7(3-5-8)11(18)15-16-13-14-10(17)6-9(22-13)12(19)20/h2-5,9H,6H2,1H3,(H,15,18)(H,19,20)(H,14,16,17). The highest BCUT2D eigenvalue weighted by molar-refractivity contribution is 8.15. The van der Waals surface area contributed by atoms with E-state index in [0.717, 1.165) is 11.8 Å². The number of ether oxygens (including phenoxy) is 1. The van der Waals surface area contributed by atoms with Crippen molar-refractivity contribution >= 4 is 34.7 Å². The molecule has 1 aliphatic heterocycles. The van der Waals surface area contributed by atoms with Crippen molar-refractivity contribution in [3.05, 3.63) is 29.8 Å². The third-order valence-electron chi connectivity index (χ3n) is 2.76. The lowest BCUT2D eigenvalue weighted by atomic mass is 10.2. The number of hydrogen-bond acceptors (Lipinski definition) is 6. The Morgan fingerprint density at radius 2 is 2.09 bits per heavy atom. The topological polar surface area (TPSA) is 117 Å². The van der Waals surface area contributed by atoms with Crippen molar-refractivity contribution in [2.24, 2.45) is 5.10 Å². The van der Waals surface area contributed by atoms with Crippen molar-refractivity contribution in [2.75, 3.05) is 7.11 Å². The first-order valence-electron chi connectivity index (χ1n) is 6.21. The number of rotatable bonds is 4. The highest BCUT2D eigenvalue weighted by Gasteiger charge is 2.30. The van der Waals surface area contributed by atoms with Gasteiger partial charge in [-0.25, -0.2) is 5.43 Å². The van der Waals surface area contributed by atoms with Crippen molar-refractivity contribution in [2.45, 2.75) is 11.7 Å². The number of methoxy groups -OCH3 is 1. The number of amides is 2. The molecule has 0 spiro atoms. The van der Waals surface area contributed by atoms with Crippen molar-refractivity contribution in [1.29, 1.82) is 0 Å². The van der Waals surface area contributed by atoms with Crippen LogP contribution in [0.2, 0.25) is 0 Å². The minimum Gasteiger partial charge on any atom is -0.497 e. The highest BCUT2D eigenvalue weighted by Crippen LogP contribution is 2.20. The maximum atomic E-state index is 11.9. The fourth-order valence-corrected chi connectivity index (χ4v) is 2.52. The summed E-state index contributed by atoms with van der Waals surface area (Å²) < 4.78 is 4.98. The maximum absolute atomic E-state index is 11.9. The molecule has 0 aliphatic carbocycles. The molecule has 2 amide bonds. The molecule has 1 aliphatic rings. The SMILES string of the molecule is COc1ccc(C(=O)N/N=C2\NC(=O)CC(C(=O)O)S2)cc1. The number of nitrogens with zero attached hydrogens (tertiary/aromatic N) is 1. The predicted molar refractivity (Wildman–Crippen MR) is 79.7 cm³/mol. The average molecular weight is 323 g/mol. The van der Waals surface area contributed by atoms with Gasteiger partial charge in [-0.15, -0.1) is 5.10 Å². The zero-order valence-electron chi connectivity index (χ0n) is 11.5. The molecule has 1 heterocycles. The van der Waals surface area contributed by atoms with Gasteiger partial charge in [0.2, 0.25) is 5.91 Å². The molecule has 0 radical (unpaired) electrons. The molecule has 1 fully saturated rings. The van der Waals surface area contributed by atoms with E-state index in [1.807, 2.05) is 0 Å². The first-order valence-corrected chi connectivity index (χ1v) is 7.09. The Morgan fingerprint density at radius 1 is 1.41 bits per heavy atom. The summed E-state index contributed by atoms with van der Waals surface area (Å²) in [6.07, 6.45) is -0.133. The van der Waals surface area contributed by atoms with Crippen LogP contribution in [0.25, 0.3) is 0 Å². The number of carbonyl (C=O) groups is 3. The molecule has 0 bridgehead atoms. The van der Waals surface area contributed by atoms with Crippen molar-refractivity contribution in [1.82, 2.24) is 10.7 Å². The minimum absolute atomic E-state index is 0.0468. The molecular formula is C13H13N3O5S. The third kappa shape index (κ3) is 3.98. The molecular weight excluding hydrogens is 310 g/mol. The summed E-state index contributed by atoms with van der Waals surface area (Å²) in [5.74, 6) is -1.43. The molecule has 1 saturated heterocycles. The number of carboxylic acids is 1. The van der Waals surface area contributed by atoms with Crippen LogP contribution in [0.3, 0.4) is 0 Å². The Kier molecular flexibility index (Phi) is 4.99. The van der Waals surface area contributed by atoms with Crippen molar-refractivity contribution in [3.8, 4) is 5.75 Å². The van der Waals surface area contributed by atoms with Gasteiger partial charge in [0.1, 0.15) is 11.0 Å². The fraction of sp³-hybridized carbons (Fsp3) is 0.231. The summed E-state index contributed by atoms with van der Waals surface area (Å²) in [5.41, 5.74) is 2.62. The van der Waals surface area contributed by atoms with E-state index < -0.39 is 23.0 Å². The summed E-state index contributed by atoms with van der Waals surface area (Å²) in [7, 11) is 1.52. The lowest BCUT2D eigenvalue weighted by Gasteiger charge is -2.19. The number of carboxylic acid groups (broad SMARTS) is 1. The molecule has 1 aromatic rings. The van der Waals surface area contributed by atoms with Crippen LogP contribution >= 0.6 is 11.8 Å². The van der Waals surface area contributed by atoms with Gasteiger partial charge in [0.25, 0.3) is 5.91 Å². The van der Waals surface area contributed by atoms with E-state index in [9.17, 15) is 14.4 Å². The molecule has 9 heteroatoms. The highest BCUT2D eigenvalue weighted by atomic mass is 32.2. The summed E-state index contributed by atoms with van der Waals surface area (Å²) in [5, 5.41) is 14.2. The first kappa shape index (κ1) is 15.8. The Balaban J connectivity index is 2.01. The van der Waals surface area contributed by atoms with E-state index in [1.54, 1.807) is 24.3 Å². The lowest BCUT2D eigenvalue weighted by molar-refractivity contribution is -0.138. The van der Waals surface area contributed by atoms with Crippen LogP contribution in [-0.4, -0.2) is 40.4 Å². The normalized spacial score (nSPS) is 19.4. The summed E-state index contributed by atoms with van der Waals surface area (Å²) in [4.78, 5) is 34.2. The molecule has 1 unspecified atom stereocenters. The van der Waals surface area contributed by atoms with Crippen molar-refractivity contribution < 1.29 is 24.2 Å². The first-order chi connectivity index (χ1) is 10.5. The van der Waals surface area contributed by atoms with E-state index in [4.69, 9.17) is 9.84 Å². The van der Waals surface area contributed by atoms with Gasteiger partial charge >= 0.3 is 5.97 Å². The van der Waals surface area contributed by atoms with Gasteiger partial charge in [0.15, 0.2) is 5.17 Å². The number of thioether (sulfide) groups is 1. The maximum Gasteiger partial charge on any atom is 0.317 e. The van der Waals surface area contributed by atoms with Crippen molar-refractivity contribution in [3.63, 3.8) is 0 Å². The smallest absolute Gasteiger partial charge is 0.317 e. The molecule has 8 nitrogen and oxygen atoms in total. The third-order valence-corrected chi connectivity index (χ3v) is 3.83. The number of amidine groups is 1. The second kappa shape index (κ2) is 6.94. The summed E-state index contributed by atoms with van der Waals surface area (Å²) in [6, 6.07) is 6.36. The number of aliphatic carboxylic acids is 1. The van der Waals surface area contributed by atoms with E-state index >= 15 is 0 Å². The fourth-order valence-electron chi connectivity index (χ4n) is 1.65. The van der Waals surface area contributed by atoms with Crippen LogP contribution in [0.4, 0.5) is 0 Å². The Labute approximate surface area is 129 Å². The molecule has 22 heavy (non-hydrogen) atoms. The van der Waals surface area contributed by atoms with E-state index in [-0.39, 0.29) is 11.6 Å². The molecule has 0 saturated carbocycles. The van der Waals surface area contributed by atoms with Gasteiger partial charge in [0, 0.05) is 12.0 Å². The van der Waals surface area contributed by atoms with Crippen LogP contribution < -0.4 is 15.5 Å². The van der Waals surface area contributed by atoms with Gasteiger partial charge in [0.05, 0.1) is 7.11 Å². The molecule has 3 N–H and O–H groups in total. The summed E-state index contributed by atoms with van der Waals surface area (Å²) in [6.45, 7) is 0. The van der Waals surface area contributed by atoms with E-state index in [1.165, 1.54) is 7.11 Å². The largest absolute Gasteiger partial charge is 0.497 e. The molecule has 1 atom stereocenters. The Morgan fingerprint density at radius 3 is 2.68 bits per heavy atom. The van der Waals surface area contributed by atoms with Crippen LogP contribution in [0.5, 0.6) is 5.75 Å². The molecule has 2 rings (SSSR count). The predicted octanol–water partition coefficient (Wildman–Crippen LogP) is 0.402. The molecule has 116 valence electrons. The lowest BCUT2D eigenvalue weighted by Crippen LogP contribution is -2.41. The number of carbonyl (C=O) groups excluding carboxylic acids is 2. The Hall–Kier alpha value is -2.55. The minimum atomic E-state index is -1.10. The van der Waals surface area contributed by atoms with Gasteiger partial charge in [-0.05, 0) is 24.3 Å². The number of hydrazone groups is 1. The zero-order valence-corrected chi connectivity index (χ0v) is 12.3. The van der Waals surface area contributed by atoms with E-state index in [2.05, 4.69) is 15.8 Å². The number of benzene rings is 1.